The number of para-hydroxylation sites is 2. The molecule has 4 nitrogen and oxygen atoms in total. The summed E-state index contributed by atoms with van der Waals surface area (Å²) in [7, 11) is 0. The molecule has 0 aliphatic rings. The number of fused-ring (bicyclic) bond motifs is 3. The smallest absolute Gasteiger partial charge is 0.274 e. The number of nitrogens with zero attached hydrogens (tertiary/aromatic N) is 2. The minimum absolute atomic E-state index is 0.0496. The van der Waals surface area contributed by atoms with Crippen LogP contribution in [0.25, 0.3) is 22.1 Å². The molecule has 0 fully saturated rings. The van der Waals surface area contributed by atoms with Gasteiger partial charge >= 0.3 is 0 Å². The molecule has 2 heterocycles. The van der Waals surface area contributed by atoms with Gasteiger partial charge in [0.2, 0.25) is 0 Å². The highest BCUT2D eigenvalue weighted by Crippen LogP contribution is 2.35. The molecule has 31 heavy (non-hydrogen) atoms. The van der Waals surface area contributed by atoms with Gasteiger partial charge in [-0.05, 0) is 57.9 Å². The van der Waals surface area contributed by atoms with E-state index in [1.54, 1.807) is 34.7 Å². The maximum atomic E-state index is 13.8. The summed E-state index contributed by atoms with van der Waals surface area (Å²) in [4.78, 5) is 18.1. The zero-order valence-corrected chi connectivity index (χ0v) is 19.0. The molecule has 0 atom stereocenters. The Morgan fingerprint density at radius 1 is 1.16 bits per heavy atom. The molecule has 0 bridgehead atoms. The predicted octanol–water partition coefficient (Wildman–Crippen LogP) is 5.59. The Kier molecular flexibility index (Phi) is 5.25. The quantitative estimate of drug-likeness (QED) is 0.313. The van der Waals surface area contributed by atoms with Gasteiger partial charge in [-0.25, -0.2) is 13.8 Å². The Balaban J connectivity index is 1.50. The lowest BCUT2D eigenvalue weighted by Gasteiger charge is -2.11. The third-order valence-corrected chi connectivity index (χ3v) is 6.63. The highest BCUT2D eigenvalue weighted by molar-refractivity contribution is 9.10. The molecular weight excluding hydrogens is 503 g/mol. The van der Waals surface area contributed by atoms with Crippen molar-refractivity contribution in [3.8, 4) is 5.75 Å². The van der Waals surface area contributed by atoms with Crippen LogP contribution in [0.2, 0.25) is 5.02 Å². The van der Waals surface area contributed by atoms with Crippen LogP contribution in [0.15, 0.2) is 69.9 Å². The average Bonchev–Trinajstić information content (AvgIpc) is 3.25. The number of rotatable bonds is 4. The number of aromatic nitrogens is 2. The van der Waals surface area contributed by atoms with E-state index in [4.69, 9.17) is 16.3 Å². The highest BCUT2D eigenvalue weighted by Gasteiger charge is 2.13. The van der Waals surface area contributed by atoms with E-state index in [0.29, 0.717) is 30.3 Å². The Bertz CT molecular complexity index is 1540. The normalized spacial score (nSPS) is 12.2. The monoisotopic (exact) mass is 514 g/mol. The molecule has 5 rings (SSSR count). The molecule has 0 radical (unpaired) electrons. The van der Waals surface area contributed by atoms with Gasteiger partial charge in [-0.2, -0.15) is 0 Å². The van der Waals surface area contributed by atoms with Gasteiger partial charge < -0.3 is 4.74 Å². The van der Waals surface area contributed by atoms with Crippen molar-refractivity contribution < 1.29 is 9.13 Å². The molecule has 154 valence electrons. The first-order valence-electron chi connectivity index (χ1n) is 9.28. The SMILES string of the molecule is O=c1/c(=C/c2cc(Cl)c(OCc3ccccc3F)c(Br)c2)sc2nc3ccccc3n12. The Hall–Kier alpha value is -2.74. The van der Waals surface area contributed by atoms with Crippen molar-refractivity contribution in [2.24, 2.45) is 0 Å². The van der Waals surface area contributed by atoms with Crippen LogP contribution >= 0.6 is 38.9 Å². The first-order valence-corrected chi connectivity index (χ1v) is 11.3. The molecule has 0 unspecified atom stereocenters. The summed E-state index contributed by atoms with van der Waals surface area (Å²) in [5, 5.41) is 0.358. The summed E-state index contributed by atoms with van der Waals surface area (Å²) in [6, 6.07) is 17.5. The minimum Gasteiger partial charge on any atom is -0.486 e. The van der Waals surface area contributed by atoms with Crippen LogP contribution in [0.1, 0.15) is 11.1 Å². The van der Waals surface area contributed by atoms with Crippen LogP contribution < -0.4 is 14.8 Å². The fourth-order valence-electron chi connectivity index (χ4n) is 3.33. The number of ether oxygens (including phenoxy) is 1. The Morgan fingerprint density at radius 2 is 1.94 bits per heavy atom. The van der Waals surface area contributed by atoms with Gasteiger partial charge in [-0.3, -0.25) is 4.79 Å². The van der Waals surface area contributed by atoms with E-state index in [2.05, 4.69) is 20.9 Å². The van der Waals surface area contributed by atoms with Crippen molar-refractivity contribution in [1.82, 2.24) is 9.38 Å². The average molecular weight is 516 g/mol. The van der Waals surface area contributed by atoms with Crippen molar-refractivity contribution in [1.29, 1.82) is 0 Å². The molecule has 2 aromatic heterocycles. The Morgan fingerprint density at radius 3 is 2.74 bits per heavy atom. The third kappa shape index (κ3) is 3.73. The minimum atomic E-state index is -0.335. The number of halogens is 3. The second kappa shape index (κ2) is 8.07. The first-order chi connectivity index (χ1) is 15.0. The van der Waals surface area contributed by atoms with Gasteiger partial charge in [0, 0.05) is 5.56 Å². The number of imidazole rings is 1. The number of hydrogen-bond acceptors (Lipinski definition) is 4. The molecule has 0 saturated heterocycles. The zero-order chi connectivity index (χ0) is 21.5. The molecule has 0 saturated carbocycles. The fraction of sp³-hybridized carbons (Fsp3) is 0.0435. The molecule has 8 heteroatoms. The van der Waals surface area contributed by atoms with Crippen LogP contribution in [-0.2, 0) is 6.61 Å². The van der Waals surface area contributed by atoms with Crippen LogP contribution in [0.4, 0.5) is 4.39 Å². The van der Waals surface area contributed by atoms with E-state index < -0.39 is 0 Å². The lowest BCUT2D eigenvalue weighted by atomic mass is 10.2. The fourth-order valence-corrected chi connectivity index (χ4v) is 5.31. The summed E-state index contributed by atoms with van der Waals surface area (Å²) in [6.07, 6.45) is 1.77. The molecule has 0 aliphatic heterocycles. The summed E-state index contributed by atoms with van der Waals surface area (Å²) in [5.41, 5.74) is 2.63. The van der Waals surface area contributed by atoms with Gasteiger partial charge in [0.1, 0.15) is 12.4 Å². The molecule has 0 N–H and O–H groups in total. The van der Waals surface area contributed by atoms with Crippen molar-refractivity contribution in [3.63, 3.8) is 0 Å². The van der Waals surface area contributed by atoms with Gasteiger partial charge in [-0.1, -0.05) is 53.3 Å². The molecule has 0 spiro atoms. The molecule has 3 aromatic carbocycles. The van der Waals surface area contributed by atoms with Crippen molar-refractivity contribution in [2.75, 3.05) is 0 Å². The third-order valence-electron chi connectivity index (χ3n) is 4.79. The summed E-state index contributed by atoms with van der Waals surface area (Å²) < 4.78 is 22.4. The summed E-state index contributed by atoms with van der Waals surface area (Å²) in [6.45, 7) is 0.0496. The predicted molar refractivity (Wildman–Crippen MR) is 126 cm³/mol. The largest absolute Gasteiger partial charge is 0.486 e. The van der Waals surface area contributed by atoms with E-state index in [-0.39, 0.29) is 18.0 Å². The van der Waals surface area contributed by atoms with Crippen molar-refractivity contribution in [3.05, 3.63) is 102 Å². The lowest BCUT2D eigenvalue weighted by molar-refractivity contribution is 0.298. The van der Waals surface area contributed by atoms with E-state index in [0.717, 1.165) is 16.6 Å². The van der Waals surface area contributed by atoms with E-state index in [1.165, 1.54) is 17.4 Å². The Labute approximate surface area is 193 Å². The van der Waals surface area contributed by atoms with Crippen LogP contribution in [0.3, 0.4) is 0 Å². The lowest BCUT2D eigenvalue weighted by Crippen LogP contribution is -2.22. The summed E-state index contributed by atoms with van der Waals surface area (Å²) >= 11 is 11.2. The van der Waals surface area contributed by atoms with E-state index in [9.17, 15) is 9.18 Å². The summed E-state index contributed by atoms with van der Waals surface area (Å²) in [5.74, 6) is 0.0781. The highest BCUT2D eigenvalue weighted by atomic mass is 79.9. The van der Waals surface area contributed by atoms with Gasteiger partial charge in [0.25, 0.3) is 5.56 Å². The van der Waals surface area contributed by atoms with Crippen LogP contribution in [-0.4, -0.2) is 9.38 Å². The van der Waals surface area contributed by atoms with E-state index in [1.807, 2.05) is 30.3 Å². The van der Waals surface area contributed by atoms with E-state index >= 15 is 0 Å². The molecule has 0 amide bonds. The van der Waals surface area contributed by atoms with Gasteiger partial charge in [0.15, 0.2) is 10.7 Å². The van der Waals surface area contributed by atoms with Gasteiger partial charge in [0.05, 0.1) is 25.1 Å². The van der Waals surface area contributed by atoms with Crippen molar-refractivity contribution in [2.45, 2.75) is 6.61 Å². The van der Waals surface area contributed by atoms with Gasteiger partial charge in [-0.15, -0.1) is 0 Å². The molecule has 0 aliphatic carbocycles. The maximum Gasteiger partial charge on any atom is 0.274 e. The standard InChI is InChI=1S/C23H13BrClFN2O2S/c24-15-9-13(10-16(25)21(15)30-12-14-5-1-2-6-17(14)26)11-20-22(29)28-19-8-4-3-7-18(19)27-23(28)31-20/h1-11H,12H2/b20-11-. The zero-order valence-electron chi connectivity index (χ0n) is 15.8. The second-order valence-corrected chi connectivity index (χ2v) is 9.10. The van der Waals surface area contributed by atoms with Crippen LogP contribution in [0, 0.1) is 5.82 Å². The first kappa shape index (κ1) is 20.2. The van der Waals surface area contributed by atoms with Crippen molar-refractivity contribution >= 4 is 60.9 Å². The topological polar surface area (TPSA) is 43.6 Å². The molecular formula is C23H13BrClFN2O2S. The second-order valence-electron chi connectivity index (χ2n) is 6.83. The van der Waals surface area contributed by atoms with Crippen LogP contribution in [0.5, 0.6) is 5.75 Å². The molecule has 5 aromatic rings. The maximum absolute atomic E-state index is 13.8. The number of thiazole rings is 1. The number of hydrogen-bond donors (Lipinski definition) is 0. The number of benzene rings is 3.